The topological polar surface area (TPSA) is 91.1 Å². The van der Waals surface area contributed by atoms with E-state index in [4.69, 9.17) is 5.73 Å². The second-order valence-electron chi connectivity index (χ2n) is 6.21. The van der Waals surface area contributed by atoms with E-state index in [1.165, 1.54) is 29.2 Å². The Morgan fingerprint density at radius 3 is 2.61 bits per heavy atom. The van der Waals surface area contributed by atoms with Gasteiger partial charge in [-0.25, -0.2) is 23.3 Å². The third-order valence-corrected chi connectivity index (χ3v) is 4.31. The number of carbonyl (C=O) groups is 1. The van der Waals surface area contributed by atoms with Gasteiger partial charge >= 0.3 is 0 Å². The molecule has 3 aromatic heterocycles. The number of primary amides is 1. The number of aryl methyl sites for hydroxylation is 1. The lowest BCUT2D eigenvalue weighted by molar-refractivity contribution is -0.117. The van der Waals surface area contributed by atoms with E-state index in [9.17, 15) is 13.6 Å². The highest BCUT2D eigenvalue weighted by molar-refractivity contribution is 5.78. The average molecular weight is 382 g/mol. The van der Waals surface area contributed by atoms with E-state index >= 15 is 0 Å². The van der Waals surface area contributed by atoms with Crippen LogP contribution < -0.4 is 5.73 Å². The van der Waals surface area contributed by atoms with Crippen LogP contribution in [-0.2, 0) is 17.8 Å². The zero-order chi connectivity index (χ0) is 19.7. The summed E-state index contributed by atoms with van der Waals surface area (Å²) in [7, 11) is 0. The van der Waals surface area contributed by atoms with Crippen LogP contribution in [0.15, 0.2) is 48.9 Å². The predicted octanol–water partition coefficient (Wildman–Crippen LogP) is 2.40. The molecule has 7 nitrogen and oxygen atoms in total. The van der Waals surface area contributed by atoms with Crippen molar-refractivity contribution in [1.29, 1.82) is 0 Å². The molecule has 0 unspecified atom stereocenters. The summed E-state index contributed by atoms with van der Waals surface area (Å²) in [5.74, 6) is -0.856. The number of imidazole rings is 2. The van der Waals surface area contributed by atoms with Crippen LogP contribution in [0.3, 0.4) is 0 Å². The molecule has 0 spiro atoms. The molecular weight excluding hydrogens is 366 g/mol. The van der Waals surface area contributed by atoms with E-state index in [1.807, 2.05) is 0 Å². The summed E-state index contributed by atoms with van der Waals surface area (Å²) in [5, 5.41) is 4.57. The van der Waals surface area contributed by atoms with Gasteiger partial charge in [0.15, 0.2) is 5.65 Å². The molecule has 0 bridgehead atoms. The summed E-state index contributed by atoms with van der Waals surface area (Å²) < 4.78 is 29.5. The normalized spacial score (nSPS) is 11.2. The van der Waals surface area contributed by atoms with E-state index in [-0.39, 0.29) is 18.8 Å². The van der Waals surface area contributed by atoms with Gasteiger partial charge in [-0.05, 0) is 36.4 Å². The number of carbonyl (C=O) groups excluding carboxylic acids is 1. The first-order chi connectivity index (χ1) is 13.6. The molecule has 3 heterocycles. The summed E-state index contributed by atoms with van der Waals surface area (Å²) in [6.07, 6.45) is 3.06. The van der Waals surface area contributed by atoms with Gasteiger partial charge in [-0.15, -0.1) is 0 Å². The minimum Gasteiger partial charge on any atom is -0.369 e. The quantitative estimate of drug-likeness (QED) is 0.554. The van der Waals surface area contributed by atoms with Gasteiger partial charge in [-0.1, -0.05) is 0 Å². The van der Waals surface area contributed by atoms with Crippen molar-refractivity contribution in [3.05, 3.63) is 60.4 Å². The van der Waals surface area contributed by atoms with Crippen molar-refractivity contribution >= 4 is 11.6 Å². The van der Waals surface area contributed by atoms with E-state index in [0.29, 0.717) is 34.0 Å². The largest absolute Gasteiger partial charge is 0.369 e. The SMILES string of the molecule is NC(=O)Cc1cnc2ccc(-c3c(-c4ccc(F)cc4)ncn3CCF)nn12. The van der Waals surface area contributed by atoms with Gasteiger partial charge < -0.3 is 10.3 Å². The Labute approximate surface area is 158 Å². The zero-order valence-electron chi connectivity index (χ0n) is 14.7. The smallest absolute Gasteiger partial charge is 0.223 e. The number of nitrogens with two attached hydrogens (primary N) is 1. The second-order valence-corrected chi connectivity index (χ2v) is 6.21. The number of hydrogen-bond donors (Lipinski definition) is 1. The fourth-order valence-electron chi connectivity index (χ4n) is 3.08. The van der Waals surface area contributed by atoms with Crippen LogP contribution in [0, 0.1) is 5.82 Å². The van der Waals surface area contributed by atoms with Crippen molar-refractivity contribution in [2.45, 2.75) is 13.0 Å². The average Bonchev–Trinajstić information content (AvgIpc) is 3.26. The van der Waals surface area contributed by atoms with Crippen LogP contribution >= 0.6 is 0 Å². The van der Waals surface area contributed by atoms with Gasteiger partial charge in [-0.2, -0.15) is 5.10 Å². The van der Waals surface area contributed by atoms with Crippen molar-refractivity contribution < 1.29 is 13.6 Å². The van der Waals surface area contributed by atoms with Crippen LogP contribution in [0.4, 0.5) is 8.78 Å². The molecule has 0 aliphatic carbocycles. The maximum absolute atomic E-state index is 13.3. The zero-order valence-corrected chi connectivity index (χ0v) is 14.7. The molecule has 0 aliphatic heterocycles. The molecule has 0 saturated carbocycles. The minimum absolute atomic E-state index is 0.00776. The van der Waals surface area contributed by atoms with Crippen molar-refractivity contribution in [2.75, 3.05) is 6.67 Å². The molecular formula is C19H16F2N6O. The highest BCUT2D eigenvalue weighted by atomic mass is 19.1. The van der Waals surface area contributed by atoms with Crippen molar-refractivity contribution in [3.8, 4) is 22.6 Å². The Kier molecular flexibility index (Phi) is 4.56. The van der Waals surface area contributed by atoms with Crippen LogP contribution in [-0.4, -0.2) is 36.7 Å². The Hall–Kier alpha value is -3.62. The number of hydrogen-bond acceptors (Lipinski definition) is 4. The summed E-state index contributed by atoms with van der Waals surface area (Å²) in [4.78, 5) is 19.9. The van der Waals surface area contributed by atoms with Crippen molar-refractivity contribution in [1.82, 2.24) is 24.1 Å². The van der Waals surface area contributed by atoms with Crippen molar-refractivity contribution in [3.63, 3.8) is 0 Å². The predicted molar refractivity (Wildman–Crippen MR) is 98.5 cm³/mol. The molecule has 28 heavy (non-hydrogen) atoms. The Bertz CT molecular complexity index is 1150. The van der Waals surface area contributed by atoms with E-state index in [2.05, 4.69) is 15.1 Å². The van der Waals surface area contributed by atoms with Gasteiger partial charge in [0.25, 0.3) is 0 Å². The molecule has 1 amide bonds. The fourth-order valence-corrected chi connectivity index (χ4v) is 3.08. The molecule has 0 fully saturated rings. The maximum Gasteiger partial charge on any atom is 0.223 e. The number of nitrogens with zero attached hydrogens (tertiary/aromatic N) is 5. The number of benzene rings is 1. The fraction of sp³-hybridized carbons (Fsp3) is 0.158. The van der Waals surface area contributed by atoms with E-state index in [1.54, 1.807) is 28.8 Å². The van der Waals surface area contributed by atoms with Gasteiger partial charge in [0.2, 0.25) is 5.91 Å². The lowest BCUT2D eigenvalue weighted by atomic mass is 10.1. The number of aromatic nitrogens is 5. The summed E-state index contributed by atoms with van der Waals surface area (Å²) in [5.41, 5.74) is 8.73. The molecule has 4 aromatic rings. The Balaban J connectivity index is 1.88. The molecule has 0 saturated heterocycles. The van der Waals surface area contributed by atoms with E-state index < -0.39 is 12.6 Å². The monoisotopic (exact) mass is 382 g/mol. The minimum atomic E-state index is -0.577. The summed E-state index contributed by atoms with van der Waals surface area (Å²) in [6, 6.07) is 9.38. The number of amides is 1. The lowest BCUT2D eigenvalue weighted by Crippen LogP contribution is -2.15. The molecule has 2 N–H and O–H groups in total. The third-order valence-electron chi connectivity index (χ3n) is 4.31. The number of halogens is 2. The Morgan fingerprint density at radius 2 is 1.89 bits per heavy atom. The molecule has 0 aliphatic rings. The van der Waals surface area contributed by atoms with Gasteiger partial charge in [0.1, 0.15) is 18.2 Å². The lowest BCUT2D eigenvalue weighted by Gasteiger charge is -2.09. The highest BCUT2D eigenvalue weighted by Gasteiger charge is 2.18. The molecule has 142 valence electrons. The number of alkyl halides is 1. The summed E-state index contributed by atoms with van der Waals surface area (Å²) in [6.45, 7) is -0.478. The van der Waals surface area contributed by atoms with Crippen molar-refractivity contribution in [2.24, 2.45) is 5.73 Å². The second kappa shape index (κ2) is 7.18. The van der Waals surface area contributed by atoms with Crippen LogP contribution in [0.2, 0.25) is 0 Å². The molecule has 0 radical (unpaired) electrons. The first-order valence-corrected chi connectivity index (χ1v) is 8.56. The van der Waals surface area contributed by atoms with Gasteiger partial charge in [-0.3, -0.25) is 4.79 Å². The van der Waals surface area contributed by atoms with Crippen LogP contribution in [0.5, 0.6) is 0 Å². The van der Waals surface area contributed by atoms with Gasteiger partial charge in [0.05, 0.1) is 42.6 Å². The number of fused-ring (bicyclic) bond motifs is 1. The first kappa shape index (κ1) is 17.8. The summed E-state index contributed by atoms with van der Waals surface area (Å²) >= 11 is 0. The first-order valence-electron chi connectivity index (χ1n) is 8.56. The molecule has 0 atom stereocenters. The molecule has 9 heteroatoms. The third kappa shape index (κ3) is 3.22. The highest BCUT2D eigenvalue weighted by Crippen LogP contribution is 2.30. The van der Waals surface area contributed by atoms with Crippen LogP contribution in [0.25, 0.3) is 28.3 Å². The molecule has 1 aromatic carbocycles. The van der Waals surface area contributed by atoms with E-state index in [0.717, 1.165) is 0 Å². The standard InChI is InChI=1S/C19H16F2N6O/c20-7-8-26-11-24-18(12-1-3-13(21)4-2-12)19(26)15-5-6-17-23-10-14(9-16(22)28)27(17)25-15/h1-6,10-11H,7-9H2,(H2,22,28). The maximum atomic E-state index is 13.3. The van der Waals surface area contributed by atoms with Crippen LogP contribution in [0.1, 0.15) is 5.69 Å². The number of rotatable bonds is 6. The van der Waals surface area contributed by atoms with Gasteiger partial charge in [0, 0.05) is 5.56 Å². The molecule has 4 rings (SSSR count). The Morgan fingerprint density at radius 1 is 1.11 bits per heavy atom.